The third-order valence-corrected chi connectivity index (χ3v) is 11.4. The molecule has 1 unspecified atom stereocenters. The number of anilines is 1. The van der Waals surface area contributed by atoms with Gasteiger partial charge in [-0.15, -0.1) is 0 Å². The van der Waals surface area contributed by atoms with Gasteiger partial charge in [0.25, 0.3) is 0 Å². The van der Waals surface area contributed by atoms with Crippen LogP contribution in [0.1, 0.15) is 48.1 Å². The van der Waals surface area contributed by atoms with Crippen molar-refractivity contribution in [3.63, 3.8) is 0 Å². The molecular weight excluding hydrogens is 647 g/mol. The van der Waals surface area contributed by atoms with Crippen molar-refractivity contribution >= 4 is 22.5 Å². The lowest BCUT2D eigenvalue weighted by Gasteiger charge is -2.37. The van der Waals surface area contributed by atoms with E-state index < -0.39 is 22.5 Å². The Hall–Kier alpha value is -5.28. The summed E-state index contributed by atoms with van der Waals surface area (Å²) in [5, 5.41) is 9.53. The van der Waals surface area contributed by atoms with Gasteiger partial charge in [-0.05, 0) is 79.3 Å². The van der Waals surface area contributed by atoms with Crippen molar-refractivity contribution in [3.05, 3.63) is 150 Å². The number of fused-ring (bicyclic) bond motifs is 1. The molecule has 6 nitrogen and oxygen atoms in total. The number of carbonyl (C=O) groups excluding carboxylic acids is 1. The van der Waals surface area contributed by atoms with E-state index in [2.05, 4.69) is 46.7 Å². The number of rotatable bonds is 7. The third-order valence-electron chi connectivity index (χ3n) is 11.4. The summed E-state index contributed by atoms with van der Waals surface area (Å²) < 4.78 is 45.2. The van der Waals surface area contributed by atoms with Gasteiger partial charge in [0.15, 0.2) is 0 Å². The van der Waals surface area contributed by atoms with Crippen molar-refractivity contribution in [2.75, 3.05) is 24.5 Å². The van der Waals surface area contributed by atoms with Crippen LogP contribution in [0.3, 0.4) is 0 Å². The minimum Gasteiger partial charge on any atom is -0.316 e. The number of hydrogen-bond acceptors (Lipinski definition) is 4. The summed E-state index contributed by atoms with van der Waals surface area (Å²) in [5.74, 6) is 0.111. The molecule has 2 aromatic heterocycles. The molecule has 6 aromatic rings. The largest absolute Gasteiger partial charge is 0.399 e. The first-order valence-electron chi connectivity index (χ1n) is 17.5. The van der Waals surface area contributed by atoms with Gasteiger partial charge in [0.2, 0.25) is 5.91 Å². The van der Waals surface area contributed by atoms with Crippen molar-refractivity contribution < 1.29 is 18.0 Å². The first kappa shape index (κ1) is 31.7. The molecule has 0 radical (unpaired) electrons. The molecule has 4 heterocycles. The Kier molecular flexibility index (Phi) is 7.23. The zero-order valence-corrected chi connectivity index (χ0v) is 27.9. The Morgan fingerprint density at radius 3 is 1.90 bits per heavy atom. The number of alkyl halides is 3. The average molecular weight is 684 g/mol. The molecule has 1 saturated carbocycles. The van der Waals surface area contributed by atoms with Crippen LogP contribution in [0.5, 0.6) is 0 Å². The smallest absolute Gasteiger partial charge is 0.316 e. The normalized spacial score (nSPS) is 20.1. The Balaban J connectivity index is 1.33. The van der Waals surface area contributed by atoms with E-state index in [1.807, 2.05) is 82.4 Å². The van der Waals surface area contributed by atoms with Crippen molar-refractivity contribution in [2.45, 2.75) is 42.8 Å². The summed E-state index contributed by atoms with van der Waals surface area (Å²) in [6.45, 7) is 2.09. The molecule has 4 aromatic carbocycles. The predicted molar refractivity (Wildman–Crippen MR) is 191 cm³/mol. The minimum atomic E-state index is -4.41. The number of hydrogen-bond donors (Lipinski definition) is 1. The molecule has 0 bridgehead atoms. The molecule has 1 N–H and O–H groups in total. The van der Waals surface area contributed by atoms with Gasteiger partial charge < -0.3 is 10.2 Å². The second-order valence-electron chi connectivity index (χ2n) is 14.2. The number of benzene rings is 4. The van der Waals surface area contributed by atoms with Crippen molar-refractivity contribution in [3.8, 4) is 11.3 Å². The highest BCUT2D eigenvalue weighted by Crippen LogP contribution is 2.58. The maximum Gasteiger partial charge on any atom is 0.399 e. The van der Waals surface area contributed by atoms with Crippen LogP contribution in [0.15, 0.2) is 128 Å². The lowest BCUT2D eigenvalue weighted by Crippen LogP contribution is -2.38. The van der Waals surface area contributed by atoms with Crippen LogP contribution in [-0.4, -0.2) is 46.5 Å². The maximum atomic E-state index is 14.4. The molecule has 1 spiro atoms. The second kappa shape index (κ2) is 11.6. The van der Waals surface area contributed by atoms with Crippen LogP contribution in [0.25, 0.3) is 22.2 Å². The highest BCUT2D eigenvalue weighted by molar-refractivity contribution is 6.03. The van der Waals surface area contributed by atoms with Crippen molar-refractivity contribution in [1.82, 2.24) is 20.1 Å². The third kappa shape index (κ3) is 4.78. The van der Waals surface area contributed by atoms with Gasteiger partial charge in [0.05, 0.1) is 16.6 Å². The fourth-order valence-corrected chi connectivity index (χ4v) is 8.50. The lowest BCUT2D eigenvalue weighted by molar-refractivity contribution is -0.161. The first-order valence-corrected chi connectivity index (χ1v) is 17.5. The summed E-state index contributed by atoms with van der Waals surface area (Å²) in [5.41, 5.74) is 2.22. The average Bonchev–Trinajstić information content (AvgIpc) is 3.57. The molecule has 9 rings (SSSR count). The number of aromatic nitrogens is 3. The summed E-state index contributed by atoms with van der Waals surface area (Å²) in [4.78, 5) is 20.1. The standard InChI is InChI=1S/C42H36F3N5O/c43-42(44,45)40(19-20-40)36-26-29(18-23-47-36)37-34-27-33(49-25-22-39(38(49)51)21-24-46-28-39)16-17-35(34)50(48-37)41(30-10-4-1-5-11-30,31-12-6-2-7-13-31)32-14-8-3-9-15-32/h1-18,23,26-27,46H,19-22,24-25,28H2. The Morgan fingerprint density at radius 1 is 0.725 bits per heavy atom. The monoisotopic (exact) mass is 683 g/mol. The van der Waals surface area contributed by atoms with E-state index in [4.69, 9.17) is 5.10 Å². The van der Waals surface area contributed by atoms with E-state index in [0.717, 1.165) is 52.7 Å². The zero-order chi connectivity index (χ0) is 34.8. The number of amides is 1. The summed E-state index contributed by atoms with van der Waals surface area (Å²) in [6, 6.07) is 39.8. The minimum absolute atomic E-state index is 0.0113. The van der Waals surface area contributed by atoms with Gasteiger partial charge in [0, 0.05) is 35.9 Å². The molecule has 3 aliphatic rings. The Bertz CT molecular complexity index is 2140. The quantitative estimate of drug-likeness (QED) is 0.172. The van der Waals surface area contributed by atoms with Crippen LogP contribution in [0.2, 0.25) is 0 Å². The van der Waals surface area contributed by atoms with Crippen LogP contribution in [0.4, 0.5) is 18.9 Å². The van der Waals surface area contributed by atoms with Gasteiger partial charge in [-0.1, -0.05) is 91.0 Å². The van der Waals surface area contributed by atoms with E-state index in [0.29, 0.717) is 24.3 Å². The highest BCUT2D eigenvalue weighted by atomic mass is 19.4. The summed E-state index contributed by atoms with van der Waals surface area (Å²) in [6.07, 6.45) is -1.34. The summed E-state index contributed by atoms with van der Waals surface area (Å²) in [7, 11) is 0. The fraction of sp³-hybridized carbons (Fsp3) is 0.262. The van der Waals surface area contributed by atoms with Gasteiger partial charge >= 0.3 is 6.18 Å². The number of halogens is 3. The van der Waals surface area contributed by atoms with E-state index in [-0.39, 0.29) is 24.4 Å². The zero-order valence-electron chi connectivity index (χ0n) is 27.9. The molecule has 51 heavy (non-hydrogen) atoms. The number of carbonyl (C=O) groups is 1. The van der Waals surface area contributed by atoms with E-state index >= 15 is 0 Å². The predicted octanol–water partition coefficient (Wildman–Crippen LogP) is 8.25. The molecule has 1 atom stereocenters. The molecule has 1 aliphatic carbocycles. The highest BCUT2D eigenvalue weighted by Gasteiger charge is 2.65. The number of nitrogens with one attached hydrogen (secondary N) is 1. The number of nitrogens with zero attached hydrogens (tertiary/aromatic N) is 4. The van der Waals surface area contributed by atoms with Crippen LogP contribution in [-0.2, 0) is 15.7 Å². The van der Waals surface area contributed by atoms with Crippen LogP contribution < -0.4 is 10.2 Å². The van der Waals surface area contributed by atoms with Crippen LogP contribution >= 0.6 is 0 Å². The molecular formula is C42H36F3N5O. The molecule has 9 heteroatoms. The first-order chi connectivity index (χ1) is 24.8. The van der Waals surface area contributed by atoms with Gasteiger partial charge in [-0.3, -0.25) is 9.78 Å². The summed E-state index contributed by atoms with van der Waals surface area (Å²) >= 11 is 0. The van der Waals surface area contributed by atoms with E-state index in [1.165, 1.54) is 6.20 Å². The van der Waals surface area contributed by atoms with E-state index in [1.54, 1.807) is 12.1 Å². The van der Waals surface area contributed by atoms with Crippen molar-refractivity contribution in [1.29, 1.82) is 0 Å². The molecule has 1 amide bonds. The van der Waals surface area contributed by atoms with Crippen molar-refractivity contribution in [2.24, 2.45) is 5.41 Å². The second-order valence-corrected chi connectivity index (χ2v) is 14.2. The fourth-order valence-electron chi connectivity index (χ4n) is 8.50. The van der Waals surface area contributed by atoms with Crippen LogP contribution in [0, 0.1) is 5.41 Å². The lowest BCUT2D eigenvalue weighted by atomic mass is 9.77. The molecule has 2 saturated heterocycles. The van der Waals surface area contributed by atoms with Gasteiger partial charge in [-0.25, -0.2) is 4.68 Å². The molecule has 256 valence electrons. The van der Waals surface area contributed by atoms with E-state index in [9.17, 15) is 18.0 Å². The maximum absolute atomic E-state index is 14.4. The van der Waals surface area contributed by atoms with Gasteiger partial charge in [-0.2, -0.15) is 18.3 Å². The topological polar surface area (TPSA) is 63.1 Å². The Labute approximate surface area is 293 Å². The molecule has 3 fully saturated rings. The Morgan fingerprint density at radius 2 is 1.35 bits per heavy atom. The van der Waals surface area contributed by atoms with Gasteiger partial charge in [0.1, 0.15) is 16.6 Å². The number of pyridine rings is 1. The molecule has 2 aliphatic heterocycles. The SMILES string of the molecule is O=C1N(c2ccc3c(c2)c(-c2ccnc(C4(C(F)(F)F)CC4)c2)nn3C(c2ccccc2)(c2ccccc2)c2ccccc2)CCC12CCNC2.